The fourth-order valence-electron chi connectivity index (χ4n) is 4.21. The van der Waals surface area contributed by atoms with Crippen LogP contribution in [0.5, 0.6) is 0 Å². The van der Waals surface area contributed by atoms with Gasteiger partial charge in [-0.25, -0.2) is 0 Å². The highest BCUT2D eigenvalue weighted by Crippen LogP contribution is 2.36. The molecular weight excluding hydrogens is 302 g/mol. The maximum absolute atomic E-state index is 5.52. The highest BCUT2D eigenvalue weighted by Gasteiger charge is 2.33. The van der Waals surface area contributed by atoms with E-state index in [9.17, 15) is 0 Å². The molecule has 2 aliphatic rings. The zero-order valence-electron chi connectivity index (χ0n) is 14.5. The van der Waals surface area contributed by atoms with E-state index < -0.39 is 0 Å². The van der Waals surface area contributed by atoms with Crippen LogP contribution in [-0.4, -0.2) is 40.8 Å². The second kappa shape index (κ2) is 6.65. The smallest absolute Gasteiger partial charge is 0.141 e. The van der Waals surface area contributed by atoms with Gasteiger partial charge in [-0.3, -0.25) is 9.88 Å². The van der Waals surface area contributed by atoms with Crippen molar-refractivity contribution in [2.45, 2.75) is 51.6 Å². The van der Waals surface area contributed by atoms with Crippen LogP contribution >= 0.6 is 0 Å². The number of likely N-dealkylation sites (tertiary alicyclic amines) is 1. The van der Waals surface area contributed by atoms with Crippen molar-refractivity contribution in [3.63, 3.8) is 0 Å². The highest BCUT2D eigenvalue weighted by atomic mass is 16.5. The third-order valence-electron chi connectivity index (χ3n) is 5.40. The van der Waals surface area contributed by atoms with Gasteiger partial charge in [0, 0.05) is 36.6 Å². The number of pyridine rings is 1. The Bertz CT molecular complexity index is 670. The van der Waals surface area contributed by atoms with E-state index in [2.05, 4.69) is 22.2 Å². The molecule has 1 atom stereocenters. The molecular formula is C19H25N3O2. The summed E-state index contributed by atoms with van der Waals surface area (Å²) >= 11 is 0. The molecule has 0 amide bonds. The molecule has 4 heterocycles. The minimum Gasteiger partial charge on any atom is -0.381 e. The summed E-state index contributed by atoms with van der Waals surface area (Å²) in [5.74, 6) is 0.853. The first-order valence-electron chi connectivity index (χ1n) is 8.96. The van der Waals surface area contributed by atoms with Crippen molar-refractivity contribution in [1.29, 1.82) is 0 Å². The lowest BCUT2D eigenvalue weighted by atomic mass is 10.0. The molecule has 2 aromatic heterocycles. The summed E-state index contributed by atoms with van der Waals surface area (Å²) in [7, 11) is 0. The van der Waals surface area contributed by atoms with Crippen LogP contribution in [0.1, 0.15) is 48.9 Å². The normalized spacial score (nSPS) is 23.0. The zero-order chi connectivity index (χ0) is 16.5. The van der Waals surface area contributed by atoms with Crippen LogP contribution in [0.15, 0.2) is 22.9 Å². The van der Waals surface area contributed by atoms with E-state index in [1.807, 2.05) is 20.0 Å². The van der Waals surface area contributed by atoms with Crippen molar-refractivity contribution in [3.8, 4) is 11.1 Å². The number of hydrogen-bond donors (Lipinski definition) is 0. The summed E-state index contributed by atoms with van der Waals surface area (Å²) < 4.78 is 10.8. The van der Waals surface area contributed by atoms with E-state index in [0.717, 1.165) is 48.6 Å². The van der Waals surface area contributed by atoms with Gasteiger partial charge in [0.05, 0.1) is 17.4 Å². The lowest BCUT2D eigenvalue weighted by Gasteiger charge is -2.35. The quantitative estimate of drug-likeness (QED) is 0.861. The fourth-order valence-corrected chi connectivity index (χ4v) is 4.21. The van der Waals surface area contributed by atoms with Gasteiger partial charge in [-0.15, -0.1) is 0 Å². The number of nitrogens with zero attached hydrogens (tertiary/aromatic N) is 3. The van der Waals surface area contributed by atoms with E-state index in [1.54, 1.807) is 0 Å². The molecule has 5 nitrogen and oxygen atoms in total. The van der Waals surface area contributed by atoms with Gasteiger partial charge in [0.2, 0.25) is 0 Å². The average Bonchev–Trinajstić information content (AvgIpc) is 3.23. The Morgan fingerprint density at radius 2 is 1.96 bits per heavy atom. The van der Waals surface area contributed by atoms with Crippen molar-refractivity contribution >= 4 is 0 Å². The maximum atomic E-state index is 5.52. The zero-order valence-corrected chi connectivity index (χ0v) is 14.5. The summed E-state index contributed by atoms with van der Waals surface area (Å²) in [6.45, 7) is 6.90. The molecule has 2 fully saturated rings. The average molecular weight is 327 g/mol. The van der Waals surface area contributed by atoms with E-state index in [4.69, 9.17) is 14.2 Å². The monoisotopic (exact) mass is 327 g/mol. The van der Waals surface area contributed by atoms with Crippen LogP contribution in [0.3, 0.4) is 0 Å². The number of rotatable bonds is 3. The number of aryl methyl sites for hydroxylation is 2. The molecule has 2 saturated heterocycles. The Kier molecular flexibility index (Phi) is 4.37. The molecule has 5 heteroatoms. The predicted octanol–water partition coefficient (Wildman–Crippen LogP) is 3.67. The third-order valence-corrected chi connectivity index (χ3v) is 5.40. The van der Waals surface area contributed by atoms with Crippen LogP contribution in [0.25, 0.3) is 11.1 Å². The molecule has 2 aromatic rings. The molecule has 0 aliphatic carbocycles. The second-order valence-corrected chi connectivity index (χ2v) is 6.91. The van der Waals surface area contributed by atoms with Crippen LogP contribution in [0, 0.1) is 13.8 Å². The predicted molar refractivity (Wildman–Crippen MR) is 91.7 cm³/mol. The van der Waals surface area contributed by atoms with Crippen LogP contribution in [0.4, 0.5) is 0 Å². The largest absolute Gasteiger partial charge is 0.381 e. The Hall–Kier alpha value is -1.72. The molecule has 0 aromatic carbocycles. The number of ether oxygens (including phenoxy) is 1. The first-order chi connectivity index (χ1) is 11.7. The molecule has 0 N–H and O–H groups in total. The molecule has 2 aliphatic heterocycles. The van der Waals surface area contributed by atoms with E-state index in [0.29, 0.717) is 12.1 Å². The maximum Gasteiger partial charge on any atom is 0.141 e. The van der Waals surface area contributed by atoms with Crippen molar-refractivity contribution in [3.05, 3.63) is 35.5 Å². The van der Waals surface area contributed by atoms with Crippen molar-refractivity contribution < 1.29 is 9.26 Å². The van der Waals surface area contributed by atoms with Gasteiger partial charge in [0.15, 0.2) is 0 Å². The Morgan fingerprint density at radius 3 is 2.62 bits per heavy atom. The second-order valence-electron chi connectivity index (χ2n) is 6.91. The summed E-state index contributed by atoms with van der Waals surface area (Å²) in [4.78, 5) is 7.45. The van der Waals surface area contributed by atoms with Crippen molar-refractivity contribution in [2.24, 2.45) is 0 Å². The minimum absolute atomic E-state index is 0.451. The third kappa shape index (κ3) is 2.87. The minimum atomic E-state index is 0.451. The van der Waals surface area contributed by atoms with Gasteiger partial charge < -0.3 is 9.26 Å². The van der Waals surface area contributed by atoms with Crippen molar-refractivity contribution in [1.82, 2.24) is 15.0 Å². The molecule has 24 heavy (non-hydrogen) atoms. The summed E-state index contributed by atoms with van der Waals surface area (Å²) in [5, 5.41) is 4.04. The summed E-state index contributed by atoms with van der Waals surface area (Å²) in [6.07, 6.45) is 6.73. The highest BCUT2D eigenvalue weighted by molar-refractivity contribution is 5.66. The van der Waals surface area contributed by atoms with Crippen molar-refractivity contribution in [2.75, 3.05) is 19.8 Å². The number of hydrogen-bond acceptors (Lipinski definition) is 5. The van der Waals surface area contributed by atoms with Crippen LogP contribution in [-0.2, 0) is 4.74 Å². The Morgan fingerprint density at radius 1 is 1.12 bits per heavy atom. The first-order valence-corrected chi connectivity index (χ1v) is 8.96. The standard InChI is InChI=1S/C19H25N3O2/c1-13-19(14(2)24-21-13)15-5-6-17(20-12-15)18-4-3-9-22(18)16-7-10-23-11-8-16/h5-6,12,16,18H,3-4,7-11H2,1-2H3/t18-/m1/s1. The molecule has 0 saturated carbocycles. The first kappa shape index (κ1) is 15.8. The SMILES string of the molecule is Cc1noc(C)c1-c1ccc([C@H]2CCCN2C2CCOCC2)nc1. The van der Waals surface area contributed by atoms with Gasteiger partial charge in [-0.1, -0.05) is 11.2 Å². The van der Waals surface area contributed by atoms with E-state index >= 15 is 0 Å². The molecule has 128 valence electrons. The Balaban J connectivity index is 1.56. The van der Waals surface area contributed by atoms with Gasteiger partial charge >= 0.3 is 0 Å². The lowest BCUT2D eigenvalue weighted by molar-refractivity contribution is 0.0285. The van der Waals surface area contributed by atoms with Gasteiger partial charge in [-0.2, -0.15) is 0 Å². The summed E-state index contributed by atoms with van der Waals surface area (Å²) in [6, 6.07) is 5.45. The summed E-state index contributed by atoms with van der Waals surface area (Å²) in [5.41, 5.74) is 4.27. The van der Waals surface area contributed by atoms with Gasteiger partial charge in [0.1, 0.15) is 5.76 Å². The molecule has 4 rings (SSSR count). The molecule has 0 radical (unpaired) electrons. The Labute approximate surface area is 143 Å². The van der Waals surface area contributed by atoms with Crippen LogP contribution in [0.2, 0.25) is 0 Å². The number of aromatic nitrogens is 2. The van der Waals surface area contributed by atoms with E-state index in [-0.39, 0.29) is 0 Å². The molecule has 0 spiro atoms. The van der Waals surface area contributed by atoms with Gasteiger partial charge in [-0.05, 0) is 52.1 Å². The molecule has 0 unspecified atom stereocenters. The van der Waals surface area contributed by atoms with Crippen LogP contribution < -0.4 is 0 Å². The lowest BCUT2D eigenvalue weighted by Crippen LogP contribution is -2.39. The topological polar surface area (TPSA) is 51.4 Å². The van der Waals surface area contributed by atoms with Gasteiger partial charge in [0.25, 0.3) is 0 Å². The fraction of sp³-hybridized carbons (Fsp3) is 0.579. The molecule has 0 bridgehead atoms. The van der Waals surface area contributed by atoms with E-state index in [1.165, 1.54) is 25.1 Å².